The average Bonchev–Trinajstić information content (AvgIpc) is 3.15. The number of methoxy groups -OCH3 is 1. The predicted molar refractivity (Wildman–Crippen MR) is 71.9 cm³/mol. The summed E-state index contributed by atoms with van der Waals surface area (Å²) in [5.41, 5.74) is 0.834. The van der Waals surface area contributed by atoms with E-state index in [4.69, 9.17) is 21.7 Å². The number of urea groups is 1. The van der Waals surface area contributed by atoms with E-state index in [1.807, 2.05) is 6.07 Å². The van der Waals surface area contributed by atoms with Gasteiger partial charge in [0, 0.05) is 6.04 Å². The van der Waals surface area contributed by atoms with E-state index in [-0.39, 0.29) is 24.0 Å². The van der Waals surface area contributed by atoms with E-state index in [0.717, 1.165) is 18.4 Å². The van der Waals surface area contributed by atoms with E-state index in [9.17, 15) is 4.79 Å². The van der Waals surface area contributed by atoms with Crippen molar-refractivity contribution >= 4 is 23.5 Å². The molecule has 1 unspecified atom stereocenters. The molecule has 0 spiro atoms. The Morgan fingerprint density at radius 1 is 1.47 bits per heavy atom. The molecule has 6 heteroatoms. The number of nitrogens with zero attached hydrogens (tertiary/aromatic N) is 1. The maximum Gasteiger partial charge on any atom is 0.323 e. The number of carbonyl (C=O) groups excluding carboxylic acids is 1. The summed E-state index contributed by atoms with van der Waals surface area (Å²) >= 11 is 6.12. The molecule has 1 aromatic carbocycles. The number of amidine groups is 1. The lowest BCUT2D eigenvalue weighted by Crippen LogP contribution is -2.31. The van der Waals surface area contributed by atoms with Crippen LogP contribution in [0, 0.1) is 5.41 Å². The molecule has 0 radical (unpaired) electrons. The minimum absolute atomic E-state index is 0.190. The summed E-state index contributed by atoms with van der Waals surface area (Å²) < 4.78 is 5.12. The van der Waals surface area contributed by atoms with Crippen molar-refractivity contribution in [3.63, 3.8) is 0 Å². The molecule has 1 heterocycles. The van der Waals surface area contributed by atoms with Crippen molar-refractivity contribution in [1.82, 2.24) is 10.2 Å². The first-order chi connectivity index (χ1) is 9.11. The molecule has 1 aliphatic carbocycles. The van der Waals surface area contributed by atoms with E-state index >= 15 is 0 Å². The van der Waals surface area contributed by atoms with E-state index in [1.165, 1.54) is 0 Å². The van der Waals surface area contributed by atoms with E-state index in [2.05, 4.69) is 5.32 Å². The number of rotatable bonds is 3. The summed E-state index contributed by atoms with van der Waals surface area (Å²) in [6.07, 6.45) is 2.00. The molecule has 0 aromatic heterocycles. The predicted octanol–water partition coefficient (Wildman–Crippen LogP) is 2.55. The van der Waals surface area contributed by atoms with Crippen molar-refractivity contribution in [2.45, 2.75) is 24.9 Å². The van der Waals surface area contributed by atoms with Gasteiger partial charge in [0.1, 0.15) is 17.6 Å². The van der Waals surface area contributed by atoms with Gasteiger partial charge in [-0.3, -0.25) is 10.7 Å². The Morgan fingerprint density at radius 2 is 2.21 bits per heavy atom. The van der Waals surface area contributed by atoms with Gasteiger partial charge in [0.25, 0.3) is 0 Å². The lowest BCUT2D eigenvalue weighted by atomic mass is 10.1. The lowest BCUT2D eigenvalue weighted by Gasteiger charge is -2.23. The summed E-state index contributed by atoms with van der Waals surface area (Å²) in [6, 6.07) is 5.06. The summed E-state index contributed by atoms with van der Waals surface area (Å²) in [6.45, 7) is 0. The van der Waals surface area contributed by atoms with Crippen LogP contribution in [-0.2, 0) is 0 Å². The number of nitrogens with one attached hydrogen (secondary N) is 2. The monoisotopic (exact) mass is 279 g/mol. The van der Waals surface area contributed by atoms with Gasteiger partial charge in [-0.25, -0.2) is 4.79 Å². The van der Waals surface area contributed by atoms with Gasteiger partial charge in [0.05, 0.1) is 12.1 Å². The van der Waals surface area contributed by atoms with E-state index < -0.39 is 0 Å². The maximum absolute atomic E-state index is 11.9. The number of benzene rings is 1. The molecule has 5 nitrogen and oxygen atoms in total. The first-order valence-electron chi connectivity index (χ1n) is 6.13. The largest absolute Gasteiger partial charge is 0.495 e. The molecule has 1 saturated carbocycles. The Bertz CT molecular complexity index is 557. The SMILES string of the molecule is COc1ccc(C2C(=N)NC(=O)N2C2CC2)cc1Cl. The zero-order chi connectivity index (χ0) is 13.6. The van der Waals surface area contributed by atoms with Gasteiger partial charge in [-0.1, -0.05) is 17.7 Å². The molecule has 1 atom stereocenters. The number of ether oxygens (including phenoxy) is 1. The molecule has 2 aliphatic rings. The van der Waals surface area contributed by atoms with Crippen LogP contribution < -0.4 is 10.1 Å². The smallest absolute Gasteiger partial charge is 0.323 e. The third-order valence-corrected chi connectivity index (χ3v) is 3.75. The van der Waals surface area contributed by atoms with Gasteiger partial charge < -0.3 is 9.64 Å². The van der Waals surface area contributed by atoms with Gasteiger partial charge in [-0.2, -0.15) is 0 Å². The van der Waals surface area contributed by atoms with Gasteiger partial charge >= 0.3 is 6.03 Å². The number of amides is 2. The molecule has 2 N–H and O–H groups in total. The van der Waals surface area contributed by atoms with Gasteiger partial charge in [-0.15, -0.1) is 0 Å². The minimum atomic E-state index is -0.358. The van der Waals surface area contributed by atoms with Crippen molar-refractivity contribution < 1.29 is 9.53 Å². The molecule has 1 aromatic rings. The number of halogens is 1. The molecule has 1 aliphatic heterocycles. The highest BCUT2D eigenvalue weighted by Gasteiger charge is 2.45. The van der Waals surface area contributed by atoms with Crippen molar-refractivity contribution in [2.24, 2.45) is 0 Å². The molecule has 2 amide bonds. The highest BCUT2D eigenvalue weighted by atomic mass is 35.5. The van der Waals surface area contributed by atoms with Crippen LogP contribution >= 0.6 is 11.6 Å². The third-order valence-electron chi connectivity index (χ3n) is 3.46. The highest BCUT2D eigenvalue weighted by molar-refractivity contribution is 6.32. The lowest BCUT2D eigenvalue weighted by molar-refractivity contribution is 0.202. The van der Waals surface area contributed by atoms with Gasteiger partial charge in [-0.05, 0) is 30.5 Å². The summed E-state index contributed by atoms with van der Waals surface area (Å²) in [4.78, 5) is 13.6. The first kappa shape index (κ1) is 12.3. The number of carbonyl (C=O) groups is 1. The fraction of sp³-hybridized carbons (Fsp3) is 0.385. The van der Waals surface area contributed by atoms with Crippen molar-refractivity contribution in [3.8, 4) is 5.75 Å². The van der Waals surface area contributed by atoms with Crippen molar-refractivity contribution in [1.29, 1.82) is 5.41 Å². The Hall–Kier alpha value is -1.75. The molecule has 1 saturated heterocycles. The topological polar surface area (TPSA) is 65.4 Å². The molecule has 100 valence electrons. The molecule has 19 heavy (non-hydrogen) atoms. The molecular weight excluding hydrogens is 266 g/mol. The second kappa shape index (κ2) is 4.42. The van der Waals surface area contributed by atoms with Crippen molar-refractivity contribution in [3.05, 3.63) is 28.8 Å². The first-order valence-corrected chi connectivity index (χ1v) is 6.51. The normalized spacial score (nSPS) is 22.6. The fourth-order valence-electron chi connectivity index (χ4n) is 2.41. The van der Waals surface area contributed by atoms with Crippen LogP contribution in [-0.4, -0.2) is 29.9 Å². The van der Waals surface area contributed by atoms with Crippen LogP contribution in [0.5, 0.6) is 5.75 Å². The Balaban J connectivity index is 1.97. The van der Waals surface area contributed by atoms with Gasteiger partial charge in [0.15, 0.2) is 0 Å². The van der Waals surface area contributed by atoms with Crippen LogP contribution in [0.2, 0.25) is 5.02 Å². The van der Waals surface area contributed by atoms with Crippen LogP contribution in [0.25, 0.3) is 0 Å². The molecular formula is C13H14ClN3O2. The van der Waals surface area contributed by atoms with Gasteiger partial charge in [0.2, 0.25) is 0 Å². The summed E-state index contributed by atoms with van der Waals surface area (Å²) in [5.74, 6) is 0.797. The zero-order valence-electron chi connectivity index (χ0n) is 10.4. The second-order valence-electron chi connectivity index (χ2n) is 4.78. The second-order valence-corrected chi connectivity index (χ2v) is 5.19. The zero-order valence-corrected chi connectivity index (χ0v) is 11.2. The highest BCUT2D eigenvalue weighted by Crippen LogP contribution is 2.39. The van der Waals surface area contributed by atoms with Crippen LogP contribution in [0.3, 0.4) is 0 Å². The quantitative estimate of drug-likeness (QED) is 0.893. The fourth-order valence-corrected chi connectivity index (χ4v) is 2.68. The standard InChI is InChI=1S/C13H14ClN3O2/c1-19-10-5-2-7(6-9(10)14)11-12(15)16-13(18)17(11)8-3-4-8/h2,5-6,8,11H,3-4H2,1H3,(H2,15,16,18). The van der Waals surface area contributed by atoms with Crippen LogP contribution in [0.1, 0.15) is 24.4 Å². The van der Waals surface area contributed by atoms with E-state index in [1.54, 1.807) is 24.1 Å². The van der Waals surface area contributed by atoms with Crippen LogP contribution in [0.4, 0.5) is 4.79 Å². The van der Waals surface area contributed by atoms with Crippen molar-refractivity contribution in [2.75, 3.05) is 7.11 Å². The third kappa shape index (κ3) is 2.04. The van der Waals surface area contributed by atoms with E-state index in [0.29, 0.717) is 10.8 Å². The molecule has 2 fully saturated rings. The maximum atomic E-state index is 11.9. The van der Waals surface area contributed by atoms with Crippen LogP contribution in [0.15, 0.2) is 18.2 Å². The number of hydrogen-bond donors (Lipinski definition) is 2. The Morgan fingerprint density at radius 3 is 2.79 bits per heavy atom. The summed E-state index contributed by atoms with van der Waals surface area (Å²) in [5, 5.41) is 11.0. The summed E-state index contributed by atoms with van der Waals surface area (Å²) in [7, 11) is 1.56. The molecule has 3 rings (SSSR count). The minimum Gasteiger partial charge on any atom is -0.495 e. The number of hydrogen-bond acceptors (Lipinski definition) is 3. The Labute approximate surface area is 116 Å². The average molecular weight is 280 g/mol. The molecule has 0 bridgehead atoms. The Kier molecular flexibility index (Phi) is 2.86.